The summed E-state index contributed by atoms with van der Waals surface area (Å²) in [5, 5.41) is 11.8. The topological polar surface area (TPSA) is 133 Å². The van der Waals surface area contributed by atoms with Crippen molar-refractivity contribution >= 4 is 28.5 Å². The first-order chi connectivity index (χ1) is 14.9. The van der Waals surface area contributed by atoms with Gasteiger partial charge in [0.2, 0.25) is 5.78 Å². The summed E-state index contributed by atoms with van der Waals surface area (Å²) in [5.74, 6) is -2.53. The zero-order valence-corrected chi connectivity index (χ0v) is 16.6. The lowest BCUT2D eigenvalue weighted by atomic mass is 10.0. The molecule has 9 nitrogen and oxygen atoms in total. The molecular weight excluding hydrogens is 398 g/mol. The number of primary amides is 1. The van der Waals surface area contributed by atoms with Crippen molar-refractivity contribution in [2.24, 2.45) is 5.73 Å². The normalized spacial score (nSPS) is 11.9. The van der Waals surface area contributed by atoms with Crippen molar-refractivity contribution in [2.75, 3.05) is 0 Å². The number of benzene rings is 2. The molecule has 0 radical (unpaired) electrons. The highest BCUT2D eigenvalue weighted by molar-refractivity contribution is 6.38. The van der Waals surface area contributed by atoms with E-state index in [2.05, 4.69) is 15.6 Å². The van der Waals surface area contributed by atoms with Gasteiger partial charge >= 0.3 is 0 Å². The number of amides is 2. The van der Waals surface area contributed by atoms with E-state index in [0.717, 1.165) is 10.9 Å². The van der Waals surface area contributed by atoms with Gasteiger partial charge in [-0.15, -0.1) is 0 Å². The third kappa shape index (κ3) is 4.06. The molecule has 31 heavy (non-hydrogen) atoms. The summed E-state index contributed by atoms with van der Waals surface area (Å²) in [7, 11) is 0. The maximum atomic E-state index is 13.1. The zero-order valence-electron chi connectivity index (χ0n) is 16.6. The molecule has 0 fully saturated rings. The number of hydrogen-bond acceptors (Lipinski definition) is 6. The van der Waals surface area contributed by atoms with Gasteiger partial charge in [0.25, 0.3) is 17.7 Å². The molecule has 3 N–H and O–H groups in total. The van der Waals surface area contributed by atoms with E-state index in [0.29, 0.717) is 11.2 Å². The number of carbonyl (C=O) groups is 3. The van der Waals surface area contributed by atoms with E-state index in [1.54, 1.807) is 37.4 Å². The Morgan fingerprint density at radius 3 is 2.52 bits per heavy atom. The number of Topliss-reactive ketones (excluding diaryl/α,β-unsaturated/α-hetero) is 1. The Balaban J connectivity index is 1.65. The predicted molar refractivity (Wildman–Crippen MR) is 111 cm³/mol. The Morgan fingerprint density at radius 2 is 1.81 bits per heavy atom. The zero-order chi connectivity index (χ0) is 22.0. The summed E-state index contributed by atoms with van der Waals surface area (Å²) in [6.45, 7) is 1.60. The molecule has 2 heterocycles. The summed E-state index contributed by atoms with van der Waals surface area (Å²) < 4.78 is 6.77. The van der Waals surface area contributed by atoms with Crippen LogP contribution in [0.2, 0.25) is 0 Å². The van der Waals surface area contributed by atoms with Gasteiger partial charge < -0.3 is 15.6 Å². The number of carbonyl (C=O) groups excluding carboxylic acids is 3. The number of nitrogens with zero attached hydrogens (tertiary/aromatic N) is 3. The third-order valence-electron chi connectivity index (χ3n) is 4.84. The minimum atomic E-state index is -1.13. The monoisotopic (exact) mass is 417 g/mol. The van der Waals surface area contributed by atoms with Gasteiger partial charge in [0.15, 0.2) is 0 Å². The fraction of sp³-hybridized carbons (Fsp3) is 0.136. The molecule has 0 saturated carbocycles. The second-order valence-corrected chi connectivity index (χ2v) is 7.02. The summed E-state index contributed by atoms with van der Waals surface area (Å²) in [4.78, 5) is 37.0. The van der Waals surface area contributed by atoms with Crippen LogP contribution >= 0.6 is 0 Å². The van der Waals surface area contributed by atoms with Gasteiger partial charge in [0, 0.05) is 18.0 Å². The smallest absolute Gasteiger partial charge is 0.287 e. The van der Waals surface area contributed by atoms with E-state index < -0.39 is 23.6 Å². The maximum Gasteiger partial charge on any atom is 0.287 e. The number of rotatable bonds is 7. The van der Waals surface area contributed by atoms with E-state index >= 15 is 0 Å². The molecule has 156 valence electrons. The highest BCUT2D eigenvalue weighted by Gasteiger charge is 2.29. The molecule has 2 aromatic heterocycles. The fourth-order valence-electron chi connectivity index (χ4n) is 3.31. The Hall–Kier alpha value is -4.27. The minimum Gasteiger partial charge on any atom is -0.363 e. The van der Waals surface area contributed by atoms with E-state index in [-0.39, 0.29) is 17.9 Å². The first kappa shape index (κ1) is 20.0. The lowest BCUT2D eigenvalue weighted by Gasteiger charge is -2.16. The Labute approximate surface area is 176 Å². The van der Waals surface area contributed by atoms with Crippen LogP contribution in [0, 0.1) is 6.92 Å². The number of aromatic nitrogens is 3. The Kier molecular flexibility index (Phi) is 5.31. The molecule has 0 spiro atoms. The van der Waals surface area contributed by atoms with Crippen LogP contribution in [0.3, 0.4) is 0 Å². The lowest BCUT2D eigenvalue weighted by Crippen LogP contribution is -2.47. The molecule has 0 saturated heterocycles. The number of nitrogens with one attached hydrogen (secondary N) is 1. The molecule has 0 aliphatic rings. The van der Waals surface area contributed by atoms with E-state index in [1.165, 1.54) is 4.68 Å². The highest BCUT2D eigenvalue weighted by Crippen LogP contribution is 2.21. The van der Waals surface area contributed by atoms with E-state index in [9.17, 15) is 14.4 Å². The van der Waals surface area contributed by atoms with Crippen LogP contribution in [-0.2, 0) is 16.0 Å². The average Bonchev–Trinajstić information content (AvgIpc) is 3.36. The molecule has 0 bridgehead atoms. The van der Waals surface area contributed by atoms with Crippen molar-refractivity contribution in [3.05, 3.63) is 77.6 Å². The summed E-state index contributed by atoms with van der Waals surface area (Å²) >= 11 is 0. The second kappa shape index (κ2) is 8.23. The third-order valence-corrected chi connectivity index (χ3v) is 4.84. The van der Waals surface area contributed by atoms with Crippen molar-refractivity contribution in [2.45, 2.75) is 19.4 Å². The molecule has 1 atom stereocenters. The van der Waals surface area contributed by atoms with Gasteiger partial charge in [0.1, 0.15) is 11.6 Å². The summed E-state index contributed by atoms with van der Waals surface area (Å²) in [6, 6.07) is 15.3. The Bertz CT molecular complexity index is 1240. The van der Waals surface area contributed by atoms with Crippen LogP contribution in [0.1, 0.15) is 21.6 Å². The van der Waals surface area contributed by atoms with Gasteiger partial charge in [-0.25, -0.2) is 4.68 Å². The molecule has 2 amide bonds. The number of fused-ring (bicyclic) bond motifs is 1. The molecule has 4 aromatic rings. The second-order valence-electron chi connectivity index (χ2n) is 7.02. The summed E-state index contributed by atoms with van der Waals surface area (Å²) in [6.07, 6.45) is 1.82. The number of hydrogen-bond donors (Lipinski definition) is 2. The molecule has 4 rings (SSSR count). The SMILES string of the molecule is Cc1noc(-n2cc3ccccc3n2)c1C(=O)N[C@@H](Cc1ccccc1)C(=O)C(N)=O. The van der Waals surface area contributed by atoms with Crippen molar-refractivity contribution in [1.29, 1.82) is 0 Å². The fourth-order valence-corrected chi connectivity index (χ4v) is 3.31. The van der Waals surface area contributed by atoms with Gasteiger partial charge in [-0.3, -0.25) is 14.4 Å². The van der Waals surface area contributed by atoms with Crippen molar-refractivity contribution in [3.63, 3.8) is 0 Å². The van der Waals surface area contributed by atoms with Crippen LogP contribution in [0.15, 0.2) is 65.3 Å². The van der Waals surface area contributed by atoms with Crippen LogP contribution in [0.25, 0.3) is 16.8 Å². The van der Waals surface area contributed by atoms with Crippen LogP contribution < -0.4 is 11.1 Å². The first-order valence-corrected chi connectivity index (χ1v) is 9.53. The van der Waals surface area contributed by atoms with Crippen molar-refractivity contribution in [1.82, 2.24) is 20.3 Å². The quantitative estimate of drug-likeness (QED) is 0.440. The molecule has 9 heteroatoms. The molecular formula is C22H19N5O4. The van der Waals surface area contributed by atoms with E-state index in [1.807, 2.05) is 30.3 Å². The van der Waals surface area contributed by atoms with Crippen molar-refractivity contribution < 1.29 is 18.9 Å². The van der Waals surface area contributed by atoms with Crippen molar-refractivity contribution in [3.8, 4) is 5.88 Å². The molecule has 0 aliphatic heterocycles. The first-order valence-electron chi connectivity index (χ1n) is 9.53. The highest BCUT2D eigenvalue weighted by atomic mass is 16.5. The standard InChI is InChI=1S/C22H19N5O4/c1-13-18(22(31-26-13)27-12-15-9-5-6-10-16(15)25-27)21(30)24-17(19(28)20(23)29)11-14-7-3-2-4-8-14/h2-10,12,17H,11H2,1H3,(H2,23,29)(H,24,30)/t17-/m0/s1. The van der Waals surface area contributed by atoms with Crippen LogP contribution in [0.4, 0.5) is 0 Å². The van der Waals surface area contributed by atoms with Gasteiger partial charge in [0.05, 0.1) is 11.2 Å². The number of ketones is 1. The molecule has 2 aromatic carbocycles. The Morgan fingerprint density at radius 1 is 1.10 bits per heavy atom. The largest absolute Gasteiger partial charge is 0.363 e. The maximum absolute atomic E-state index is 13.1. The lowest BCUT2D eigenvalue weighted by molar-refractivity contribution is -0.137. The van der Waals surface area contributed by atoms with Gasteiger partial charge in [-0.1, -0.05) is 53.7 Å². The number of aryl methyl sites for hydroxylation is 1. The molecule has 0 aliphatic carbocycles. The van der Waals surface area contributed by atoms with Crippen LogP contribution in [-0.4, -0.2) is 38.6 Å². The predicted octanol–water partition coefficient (Wildman–Crippen LogP) is 1.72. The van der Waals surface area contributed by atoms with Crippen LogP contribution in [0.5, 0.6) is 0 Å². The number of nitrogens with two attached hydrogens (primary N) is 1. The van der Waals surface area contributed by atoms with Gasteiger partial charge in [-0.2, -0.15) is 5.10 Å². The van der Waals surface area contributed by atoms with Gasteiger partial charge in [-0.05, 0) is 18.6 Å². The minimum absolute atomic E-state index is 0.108. The molecule has 0 unspecified atom stereocenters. The summed E-state index contributed by atoms with van der Waals surface area (Å²) in [5.41, 5.74) is 7.11. The average molecular weight is 417 g/mol. The van der Waals surface area contributed by atoms with E-state index in [4.69, 9.17) is 10.3 Å².